The third kappa shape index (κ3) is 3.99. The second kappa shape index (κ2) is 8.16. The van der Waals surface area contributed by atoms with Gasteiger partial charge in [0.15, 0.2) is 0 Å². The van der Waals surface area contributed by atoms with Crippen molar-refractivity contribution < 1.29 is 18.1 Å². The van der Waals surface area contributed by atoms with Crippen molar-refractivity contribution in [2.45, 2.75) is 24.2 Å². The number of sulfonamides is 1. The summed E-state index contributed by atoms with van der Waals surface area (Å²) >= 11 is 0. The minimum Gasteiger partial charge on any atom is -0.457 e. The number of ether oxygens (including phenoxy) is 1. The lowest BCUT2D eigenvalue weighted by Gasteiger charge is -2.25. The van der Waals surface area contributed by atoms with Crippen molar-refractivity contribution in [3.8, 4) is 11.5 Å². The molecule has 0 unspecified atom stereocenters. The van der Waals surface area contributed by atoms with Crippen molar-refractivity contribution in [3.63, 3.8) is 0 Å². The van der Waals surface area contributed by atoms with Gasteiger partial charge in [-0.1, -0.05) is 30.3 Å². The van der Waals surface area contributed by atoms with E-state index in [4.69, 9.17) is 4.74 Å². The van der Waals surface area contributed by atoms with Gasteiger partial charge in [0.2, 0.25) is 0 Å². The lowest BCUT2D eigenvalue weighted by atomic mass is 10.1. The van der Waals surface area contributed by atoms with Gasteiger partial charge in [-0.25, -0.2) is 8.42 Å². The largest absolute Gasteiger partial charge is 0.457 e. The predicted molar refractivity (Wildman–Crippen MR) is 114 cm³/mol. The molecular formula is C22H20N2O5S. The number of nitro benzene ring substituents is 1. The van der Waals surface area contributed by atoms with Crippen LogP contribution in [0.15, 0.2) is 77.7 Å². The number of non-ortho nitro benzene ring substituents is 1. The fourth-order valence-corrected chi connectivity index (χ4v) is 5.07. The Bertz CT molecular complexity index is 1180. The lowest BCUT2D eigenvalue weighted by Crippen LogP contribution is -2.32. The molecule has 0 bridgehead atoms. The van der Waals surface area contributed by atoms with Crippen molar-refractivity contribution in [1.29, 1.82) is 0 Å². The van der Waals surface area contributed by atoms with E-state index in [1.807, 2.05) is 42.5 Å². The smallest absolute Gasteiger partial charge is 0.270 e. The molecule has 3 aromatic carbocycles. The Morgan fingerprint density at radius 3 is 2.47 bits per heavy atom. The van der Waals surface area contributed by atoms with Gasteiger partial charge in [-0.05, 0) is 49.1 Å². The highest BCUT2D eigenvalue weighted by Gasteiger charge is 2.29. The van der Waals surface area contributed by atoms with Crippen molar-refractivity contribution in [1.82, 2.24) is 0 Å². The van der Waals surface area contributed by atoms with Crippen molar-refractivity contribution in [3.05, 3.63) is 88.5 Å². The van der Waals surface area contributed by atoms with E-state index in [0.29, 0.717) is 30.2 Å². The fourth-order valence-electron chi connectivity index (χ4n) is 3.50. The van der Waals surface area contributed by atoms with E-state index < -0.39 is 14.9 Å². The van der Waals surface area contributed by atoms with Crippen LogP contribution >= 0.6 is 0 Å². The third-order valence-corrected chi connectivity index (χ3v) is 6.79. The summed E-state index contributed by atoms with van der Waals surface area (Å²) in [4.78, 5) is 10.4. The monoisotopic (exact) mass is 424 g/mol. The van der Waals surface area contributed by atoms with Crippen molar-refractivity contribution in [2.75, 3.05) is 10.8 Å². The summed E-state index contributed by atoms with van der Waals surface area (Å²) in [6.07, 6.45) is 2.30. The average molecular weight is 424 g/mol. The number of nitro groups is 1. The summed E-state index contributed by atoms with van der Waals surface area (Å²) < 4.78 is 34.1. The molecule has 1 heterocycles. The van der Waals surface area contributed by atoms with Crippen molar-refractivity contribution >= 4 is 21.4 Å². The van der Waals surface area contributed by atoms with Crippen LogP contribution in [0, 0.1) is 10.1 Å². The predicted octanol–water partition coefficient (Wildman–Crippen LogP) is 4.92. The number of hydrogen-bond acceptors (Lipinski definition) is 5. The molecule has 1 aliphatic rings. The molecule has 1 aliphatic heterocycles. The molecule has 8 heteroatoms. The van der Waals surface area contributed by atoms with Gasteiger partial charge >= 0.3 is 0 Å². The topological polar surface area (TPSA) is 89.8 Å². The first-order chi connectivity index (χ1) is 14.4. The van der Waals surface area contributed by atoms with E-state index in [1.54, 1.807) is 6.07 Å². The Labute approximate surface area is 174 Å². The summed E-state index contributed by atoms with van der Waals surface area (Å²) in [6, 6.07) is 19.8. The maximum Gasteiger partial charge on any atom is 0.270 e. The first kappa shape index (κ1) is 19.9. The van der Waals surface area contributed by atoms with Gasteiger partial charge in [-0.15, -0.1) is 0 Å². The van der Waals surface area contributed by atoms with Crippen LogP contribution in [0.3, 0.4) is 0 Å². The lowest BCUT2D eigenvalue weighted by molar-refractivity contribution is -0.385. The molecule has 0 radical (unpaired) electrons. The van der Waals surface area contributed by atoms with E-state index in [0.717, 1.165) is 24.5 Å². The van der Waals surface area contributed by atoms with E-state index in [1.165, 1.54) is 22.5 Å². The molecule has 0 N–H and O–H groups in total. The Morgan fingerprint density at radius 2 is 1.70 bits per heavy atom. The summed E-state index contributed by atoms with van der Waals surface area (Å²) in [5, 5.41) is 11.1. The molecule has 0 aliphatic carbocycles. The van der Waals surface area contributed by atoms with Crippen LogP contribution in [0.25, 0.3) is 0 Å². The van der Waals surface area contributed by atoms with Gasteiger partial charge in [0.05, 0.1) is 15.5 Å². The molecule has 0 saturated heterocycles. The van der Waals surface area contributed by atoms with Crippen LogP contribution in [0.1, 0.15) is 18.4 Å². The second-order valence-electron chi connectivity index (χ2n) is 6.99. The summed E-state index contributed by atoms with van der Waals surface area (Å²) in [7, 11) is -3.97. The number of nitrogens with zero attached hydrogens (tertiary/aromatic N) is 2. The van der Waals surface area contributed by atoms with E-state index in [9.17, 15) is 18.5 Å². The van der Waals surface area contributed by atoms with Gasteiger partial charge in [-0.3, -0.25) is 14.4 Å². The zero-order chi connectivity index (χ0) is 21.1. The fraction of sp³-hybridized carbons (Fsp3) is 0.182. The molecule has 0 amide bonds. The highest BCUT2D eigenvalue weighted by Crippen LogP contribution is 2.36. The zero-order valence-electron chi connectivity index (χ0n) is 16.1. The number of hydrogen-bond donors (Lipinski definition) is 0. The third-order valence-electron chi connectivity index (χ3n) is 4.98. The Morgan fingerprint density at radius 1 is 0.900 bits per heavy atom. The van der Waals surface area contributed by atoms with Gasteiger partial charge in [-0.2, -0.15) is 0 Å². The number of fused-ring (bicyclic) bond motifs is 1. The quantitative estimate of drug-likeness (QED) is 0.428. The molecule has 0 saturated carbocycles. The molecule has 7 nitrogen and oxygen atoms in total. The minimum absolute atomic E-state index is 0.0982. The number of para-hydroxylation sites is 1. The Balaban J connectivity index is 1.75. The average Bonchev–Trinajstić information content (AvgIpc) is 2.97. The Hall–Kier alpha value is -3.39. The maximum absolute atomic E-state index is 13.4. The van der Waals surface area contributed by atoms with Crippen molar-refractivity contribution in [2.24, 2.45) is 0 Å². The first-order valence-electron chi connectivity index (χ1n) is 9.58. The van der Waals surface area contributed by atoms with Crippen LogP contribution < -0.4 is 9.04 Å². The maximum atomic E-state index is 13.4. The second-order valence-corrected chi connectivity index (χ2v) is 8.86. The molecule has 30 heavy (non-hydrogen) atoms. The Kier molecular flexibility index (Phi) is 5.41. The summed E-state index contributed by atoms with van der Waals surface area (Å²) in [5.74, 6) is 1.18. The number of benzene rings is 3. The van der Waals surface area contributed by atoms with E-state index in [2.05, 4.69) is 0 Å². The number of anilines is 1. The summed E-state index contributed by atoms with van der Waals surface area (Å²) in [6.45, 7) is 0.298. The molecule has 154 valence electrons. The van der Waals surface area contributed by atoms with Gasteiger partial charge in [0.1, 0.15) is 11.5 Å². The van der Waals surface area contributed by atoms with Crippen LogP contribution in [0.5, 0.6) is 11.5 Å². The van der Waals surface area contributed by atoms with Gasteiger partial charge < -0.3 is 4.74 Å². The standard InChI is InChI=1S/C22H20N2O5S/c25-24(26)18-8-6-11-21(15-18)30(27,28)23-14-5-4-7-17-12-13-20(16-22(17)23)29-19-9-2-1-3-10-19/h1-3,6,8-13,15-16H,4-5,7,14H2. The van der Waals surface area contributed by atoms with Crippen LogP contribution in [0.2, 0.25) is 0 Å². The van der Waals surface area contributed by atoms with Crippen LogP contribution in [-0.2, 0) is 16.4 Å². The van der Waals surface area contributed by atoms with Gasteiger partial charge in [0, 0.05) is 24.7 Å². The first-order valence-corrected chi connectivity index (χ1v) is 11.0. The molecular weight excluding hydrogens is 404 g/mol. The number of aryl methyl sites for hydroxylation is 1. The highest BCUT2D eigenvalue weighted by atomic mass is 32.2. The van der Waals surface area contributed by atoms with E-state index >= 15 is 0 Å². The molecule has 0 aromatic heterocycles. The van der Waals surface area contributed by atoms with Crippen LogP contribution in [-0.4, -0.2) is 19.9 Å². The molecule has 3 aromatic rings. The highest BCUT2D eigenvalue weighted by molar-refractivity contribution is 7.92. The zero-order valence-corrected chi connectivity index (χ0v) is 16.9. The minimum atomic E-state index is -3.97. The van der Waals surface area contributed by atoms with Crippen LogP contribution in [0.4, 0.5) is 11.4 Å². The van der Waals surface area contributed by atoms with E-state index in [-0.39, 0.29) is 10.6 Å². The molecule has 4 rings (SSSR count). The molecule has 0 atom stereocenters. The molecule has 0 fully saturated rings. The van der Waals surface area contributed by atoms with Gasteiger partial charge in [0.25, 0.3) is 15.7 Å². The molecule has 0 spiro atoms. The number of rotatable bonds is 5. The normalized spacial score (nSPS) is 13.9. The summed E-state index contributed by atoms with van der Waals surface area (Å²) in [5.41, 5.74) is 1.20. The SMILES string of the molecule is O=[N+]([O-])c1cccc(S(=O)(=O)N2CCCCc3ccc(Oc4ccccc4)cc32)c1.